The largest absolute Gasteiger partial charge is 0.491 e. The Balaban J connectivity index is 2.90. The molecule has 0 aromatic heterocycles. The van der Waals surface area contributed by atoms with Gasteiger partial charge in [-0.25, -0.2) is 4.79 Å². The number of ether oxygens (including phenoxy) is 1. The van der Waals surface area contributed by atoms with Gasteiger partial charge in [-0.05, 0) is 32.4 Å². The van der Waals surface area contributed by atoms with Crippen molar-refractivity contribution in [1.29, 1.82) is 5.26 Å². The van der Waals surface area contributed by atoms with Gasteiger partial charge in [0.2, 0.25) is 0 Å². The summed E-state index contributed by atoms with van der Waals surface area (Å²) in [6.07, 6.45) is 0.460. The molecule has 1 aromatic carbocycles. The second-order valence-electron chi connectivity index (χ2n) is 4.66. The lowest BCUT2D eigenvalue weighted by atomic mass is 9.92. The standard InChI is InChI=1S/C13H13Cl2NO3/c1-13(2,7-16)3-4-19-11-9(12(17)18)5-8(14)6-10(11)15/h5-6H,3-4H2,1-2H3,(H,17,18). The lowest BCUT2D eigenvalue weighted by Crippen LogP contribution is -2.14. The van der Waals surface area contributed by atoms with Gasteiger partial charge in [0.15, 0.2) is 5.75 Å². The lowest BCUT2D eigenvalue weighted by Gasteiger charge is -2.17. The summed E-state index contributed by atoms with van der Waals surface area (Å²) in [6, 6.07) is 4.83. The van der Waals surface area contributed by atoms with Crippen molar-refractivity contribution >= 4 is 29.2 Å². The maximum Gasteiger partial charge on any atom is 0.339 e. The van der Waals surface area contributed by atoms with Crippen molar-refractivity contribution in [2.24, 2.45) is 5.41 Å². The first-order valence-corrected chi connectivity index (χ1v) is 6.29. The van der Waals surface area contributed by atoms with E-state index in [1.807, 2.05) is 0 Å². The molecule has 0 amide bonds. The third-order valence-corrected chi connectivity index (χ3v) is 3.01. The smallest absolute Gasteiger partial charge is 0.339 e. The van der Waals surface area contributed by atoms with Crippen LogP contribution < -0.4 is 4.74 Å². The topological polar surface area (TPSA) is 70.3 Å². The average molecular weight is 302 g/mol. The molecule has 0 atom stereocenters. The van der Waals surface area contributed by atoms with Crippen molar-refractivity contribution in [3.63, 3.8) is 0 Å². The monoisotopic (exact) mass is 301 g/mol. The third-order valence-electron chi connectivity index (χ3n) is 2.51. The van der Waals surface area contributed by atoms with Crippen molar-refractivity contribution in [3.05, 3.63) is 27.7 Å². The second-order valence-corrected chi connectivity index (χ2v) is 5.51. The van der Waals surface area contributed by atoms with Crippen molar-refractivity contribution < 1.29 is 14.6 Å². The zero-order valence-electron chi connectivity index (χ0n) is 10.5. The van der Waals surface area contributed by atoms with Gasteiger partial charge in [-0.2, -0.15) is 5.26 Å². The van der Waals surface area contributed by atoms with E-state index in [1.54, 1.807) is 13.8 Å². The first-order chi connectivity index (χ1) is 8.76. The Labute approximate surface area is 121 Å². The Hall–Kier alpha value is -1.44. The average Bonchev–Trinajstić information content (AvgIpc) is 2.31. The van der Waals surface area contributed by atoms with Crippen LogP contribution in [0.5, 0.6) is 5.75 Å². The summed E-state index contributed by atoms with van der Waals surface area (Å²) in [6.45, 7) is 3.75. The van der Waals surface area contributed by atoms with Crippen LogP contribution in [0.2, 0.25) is 10.0 Å². The highest BCUT2D eigenvalue weighted by molar-refractivity contribution is 6.36. The van der Waals surface area contributed by atoms with Gasteiger partial charge in [-0.1, -0.05) is 23.2 Å². The van der Waals surface area contributed by atoms with Crippen LogP contribution in [0.3, 0.4) is 0 Å². The third kappa shape index (κ3) is 4.30. The van der Waals surface area contributed by atoms with Gasteiger partial charge in [0, 0.05) is 5.02 Å². The van der Waals surface area contributed by atoms with Crippen LogP contribution in [0.4, 0.5) is 0 Å². The molecule has 0 radical (unpaired) electrons. The maximum absolute atomic E-state index is 11.1. The number of carboxylic acids is 1. The minimum absolute atomic E-state index is 0.0762. The van der Waals surface area contributed by atoms with Crippen molar-refractivity contribution in [2.75, 3.05) is 6.61 Å². The Morgan fingerprint density at radius 3 is 2.63 bits per heavy atom. The van der Waals surface area contributed by atoms with Gasteiger partial charge in [-0.3, -0.25) is 0 Å². The summed E-state index contributed by atoms with van der Waals surface area (Å²) in [4.78, 5) is 11.1. The van der Waals surface area contributed by atoms with E-state index in [9.17, 15) is 4.79 Å². The first-order valence-electron chi connectivity index (χ1n) is 5.53. The first kappa shape index (κ1) is 15.6. The molecular formula is C13H13Cl2NO3. The number of halogens is 2. The molecule has 19 heavy (non-hydrogen) atoms. The fraction of sp³-hybridized carbons (Fsp3) is 0.385. The van der Waals surface area contributed by atoms with Crippen molar-refractivity contribution in [2.45, 2.75) is 20.3 Å². The zero-order chi connectivity index (χ0) is 14.6. The molecule has 0 saturated carbocycles. The van der Waals surface area contributed by atoms with Crippen LogP contribution in [0, 0.1) is 16.7 Å². The quantitative estimate of drug-likeness (QED) is 0.892. The molecule has 1 N–H and O–H groups in total. The van der Waals surface area contributed by atoms with E-state index >= 15 is 0 Å². The summed E-state index contributed by atoms with van der Waals surface area (Å²) in [5.74, 6) is -1.09. The predicted molar refractivity (Wildman–Crippen MR) is 72.9 cm³/mol. The molecular weight excluding hydrogens is 289 g/mol. The molecule has 0 aliphatic heterocycles. The van der Waals surface area contributed by atoms with Gasteiger partial charge in [0.25, 0.3) is 0 Å². The number of hydrogen-bond donors (Lipinski definition) is 1. The summed E-state index contributed by atoms with van der Waals surface area (Å²) >= 11 is 11.7. The van der Waals surface area contributed by atoms with Crippen molar-refractivity contribution in [1.82, 2.24) is 0 Å². The molecule has 102 valence electrons. The van der Waals surface area contributed by atoms with E-state index in [1.165, 1.54) is 12.1 Å². The predicted octanol–water partition coefficient (Wildman–Crippen LogP) is 4.01. The zero-order valence-corrected chi connectivity index (χ0v) is 12.0. The van der Waals surface area contributed by atoms with Crippen LogP contribution in [0.1, 0.15) is 30.6 Å². The number of aromatic carboxylic acids is 1. The normalized spacial score (nSPS) is 10.9. The molecule has 0 bridgehead atoms. The highest BCUT2D eigenvalue weighted by Crippen LogP contribution is 2.33. The Bertz CT molecular complexity index is 535. The SMILES string of the molecule is CC(C)(C#N)CCOc1c(Cl)cc(Cl)cc1C(=O)O. The maximum atomic E-state index is 11.1. The van der Waals surface area contributed by atoms with Crippen LogP contribution in [0.15, 0.2) is 12.1 Å². The Kier molecular flexibility index (Phi) is 5.04. The van der Waals surface area contributed by atoms with E-state index in [0.717, 1.165) is 0 Å². The molecule has 1 rings (SSSR count). The number of benzene rings is 1. The molecule has 0 aliphatic rings. The number of carbonyl (C=O) groups is 1. The van der Waals surface area contributed by atoms with E-state index in [4.69, 9.17) is 38.3 Å². The minimum Gasteiger partial charge on any atom is -0.491 e. The van der Waals surface area contributed by atoms with Gasteiger partial charge in [0.05, 0.1) is 23.1 Å². The van der Waals surface area contributed by atoms with Crippen LogP contribution >= 0.6 is 23.2 Å². The number of nitrogens with zero attached hydrogens (tertiary/aromatic N) is 1. The lowest BCUT2D eigenvalue weighted by molar-refractivity contribution is 0.0692. The summed E-state index contributed by atoms with van der Waals surface area (Å²) in [7, 11) is 0. The minimum atomic E-state index is -1.17. The van der Waals surface area contributed by atoms with Gasteiger partial charge in [-0.15, -0.1) is 0 Å². The molecule has 0 saturated heterocycles. The Morgan fingerprint density at radius 1 is 1.47 bits per heavy atom. The molecule has 0 spiro atoms. The van der Waals surface area contributed by atoms with E-state index in [-0.39, 0.29) is 28.0 Å². The summed E-state index contributed by atoms with van der Waals surface area (Å²) in [5.41, 5.74) is -0.630. The molecule has 0 aliphatic carbocycles. The molecule has 1 aromatic rings. The molecule has 0 heterocycles. The van der Waals surface area contributed by atoms with E-state index in [0.29, 0.717) is 6.42 Å². The number of hydrogen-bond acceptors (Lipinski definition) is 3. The van der Waals surface area contributed by atoms with E-state index in [2.05, 4.69) is 6.07 Å². The fourth-order valence-electron chi connectivity index (χ4n) is 1.33. The van der Waals surface area contributed by atoms with E-state index < -0.39 is 11.4 Å². The van der Waals surface area contributed by atoms with Crippen LogP contribution in [-0.4, -0.2) is 17.7 Å². The fourth-order valence-corrected chi connectivity index (χ4v) is 1.88. The van der Waals surface area contributed by atoms with Gasteiger partial charge < -0.3 is 9.84 Å². The summed E-state index contributed by atoms with van der Waals surface area (Å²) in [5, 5.41) is 18.3. The Morgan fingerprint density at radius 2 is 2.11 bits per heavy atom. The highest BCUT2D eigenvalue weighted by Gasteiger charge is 2.20. The summed E-state index contributed by atoms with van der Waals surface area (Å²) < 4.78 is 5.40. The van der Waals surface area contributed by atoms with Crippen LogP contribution in [0.25, 0.3) is 0 Å². The van der Waals surface area contributed by atoms with Gasteiger partial charge in [0.1, 0.15) is 5.56 Å². The highest BCUT2D eigenvalue weighted by atomic mass is 35.5. The number of carboxylic acid groups (broad SMARTS) is 1. The van der Waals surface area contributed by atoms with Crippen molar-refractivity contribution in [3.8, 4) is 11.8 Å². The number of rotatable bonds is 5. The molecule has 6 heteroatoms. The van der Waals surface area contributed by atoms with Crippen LogP contribution in [-0.2, 0) is 0 Å². The molecule has 4 nitrogen and oxygen atoms in total. The molecule has 0 fully saturated rings. The molecule has 0 unspecified atom stereocenters. The van der Waals surface area contributed by atoms with Gasteiger partial charge >= 0.3 is 5.97 Å². The number of nitriles is 1. The second kappa shape index (κ2) is 6.14.